The van der Waals surface area contributed by atoms with E-state index in [1.54, 1.807) is 6.07 Å². The Bertz CT molecular complexity index is 475. The van der Waals surface area contributed by atoms with Crippen LogP contribution >= 0.6 is 0 Å². The van der Waals surface area contributed by atoms with Crippen LogP contribution in [0, 0.1) is 17.1 Å². The number of rotatable bonds is 3. The molecule has 2 rings (SSSR count). The number of nitrogens with zero attached hydrogens (tertiary/aromatic N) is 1. The zero-order valence-corrected chi connectivity index (χ0v) is 9.92. The summed E-state index contributed by atoms with van der Waals surface area (Å²) in [6.07, 6.45) is 2.31. The van der Waals surface area contributed by atoms with E-state index in [9.17, 15) is 9.65 Å². The van der Waals surface area contributed by atoms with Crippen LogP contribution in [0.2, 0.25) is 0 Å². The second kappa shape index (κ2) is 4.25. The van der Waals surface area contributed by atoms with Gasteiger partial charge >= 0.3 is 0 Å². The van der Waals surface area contributed by atoms with Gasteiger partial charge in [-0.05, 0) is 19.3 Å². The number of hydrogen-bond acceptors (Lipinski definition) is 3. The topological polar surface area (TPSA) is 42.2 Å². The molecule has 0 atom stereocenters. The first-order valence-corrected chi connectivity index (χ1v) is 5.50. The number of benzene rings is 1. The van der Waals surface area contributed by atoms with Gasteiger partial charge in [-0.2, -0.15) is 5.26 Å². The first-order chi connectivity index (χ1) is 8.16. The number of ether oxygens (including phenoxy) is 2. The third kappa shape index (κ3) is 1.72. The molecule has 1 aromatic carbocycles. The van der Waals surface area contributed by atoms with Crippen LogP contribution in [0.3, 0.4) is 0 Å². The Morgan fingerprint density at radius 3 is 2.41 bits per heavy atom. The summed E-state index contributed by atoms with van der Waals surface area (Å²) in [7, 11) is 2.94. The van der Waals surface area contributed by atoms with Gasteiger partial charge in [-0.15, -0.1) is 0 Å². The summed E-state index contributed by atoms with van der Waals surface area (Å²) < 4.78 is 24.2. The number of halogens is 1. The molecule has 0 radical (unpaired) electrons. The average molecular weight is 235 g/mol. The molecule has 0 N–H and O–H groups in total. The molecule has 0 aliphatic heterocycles. The van der Waals surface area contributed by atoms with Gasteiger partial charge in [0.15, 0.2) is 0 Å². The predicted molar refractivity (Wildman–Crippen MR) is 60.6 cm³/mol. The lowest BCUT2D eigenvalue weighted by Gasteiger charge is -2.36. The van der Waals surface area contributed by atoms with Crippen LogP contribution in [0.15, 0.2) is 12.1 Å². The van der Waals surface area contributed by atoms with Crippen LogP contribution in [0.5, 0.6) is 11.5 Å². The van der Waals surface area contributed by atoms with Crippen molar-refractivity contribution >= 4 is 0 Å². The minimum Gasteiger partial charge on any atom is -0.497 e. The summed E-state index contributed by atoms with van der Waals surface area (Å²) in [5, 5.41) is 9.26. The second-order valence-electron chi connectivity index (χ2n) is 4.23. The van der Waals surface area contributed by atoms with E-state index in [0.717, 1.165) is 6.42 Å². The SMILES string of the molecule is COc1cc(F)c(C2(C#N)CCC2)c(OC)c1. The van der Waals surface area contributed by atoms with E-state index in [-0.39, 0.29) is 0 Å². The number of methoxy groups -OCH3 is 2. The van der Waals surface area contributed by atoms with E-state index in [2.05, 4.69) is 6.07 Å². The van der Waals surface area contributed by atoms with Crippen molar-refractivity contribution in [1.29, 1.82) is 5.26 Å². The summed E-state index contributed by atoms with van der Waals surface area (Å²) >= 11 is 0. The van der Waals surface area contributed by atoms with Gasteiger partial charge in [0.2, 0.25) is 0 Å². The molecule has 90 valence electrons. The Hall–Kier alpha value is -1.76. The standard InChI is InChI=1S/C13H14FNO2/c1-16-9-6-10(14)12(11(7-9)17-2)13(8-15)4-3-5-13/h6-7H,3-5H2,1-2H3. The fraction of sp³-hybridized carbons (Fsp3) is 0.462. The maximum absolute atomic E-state index is 14.1. The molecule has 1 aliphatic rings. The molecule has 1 fully saturated rings. The van der Waals surface area contributed by atoms with E-state index in [0.29, 0.717) is 29.9 Å². The zero-order valence-electron chi connectivity index (χ0n) is 9.92. The van der Waals surface area contributed by atoms with Gasteiger partial charge in [-0.3, -0.25) is 0 Å². The van der Waals surface area contributed by atoms with Gasteiger partial charge in [0.25, 0.3) is 0 Å². The largest absolute Gasteiger partial charge is 0.497 e. The predicted octanol–water partition coefficient (Wildman–Crippen LogP) is 2.79. The Kier molecular flexibility index (Phi) is 2.93. The first-order valence-electron chi connectivity index (χ1n) is 5.50. The van der Waals surface area contributed by atoms with Crippen molar-refractivity contribution in [2.45, 2.75) is 24.7 Å². The molecule has 1 saturated carbocycles. The molecule has 1 aliphatic carbocycles. The molecule has 3 nitrogen and oxygen atoms in total. The van der Waals surface area contributed by atoms with Crippen molar-refractivity contribution in [3.63, 3.8) is 0 Å². The van der Waals surface area contributed by atoms with E-state index >= 15 is 0 Å². The monoisotopic (exact) mass is 235 g/mol. The summed E-state index contributed by atoms with van der Waals surface area (Å²) in [6.45, 7) is 0. The maximum Gasteiger partial charge on any atom is 0.135 e. The van der Waals surface area contributed by atoms with Crippen molar-refractivity contribution in [2.75, 3.05) is 14.2 Å². The lowest BCUT2D eigenvalue weighted by Crippen LogP contribution is -2.33. The van der Waals surface area contributed by atoms with Crippen LogP contribution in [0.25, 0.3) is 0 Å². The molecule has 1 aromatic rings. The van der Waals surface area contributed by atoms with Crippen LogP contribution in [0.1, 0.15) is 24.8 Å². The molecule has 0 bridgehead atoms. The molecule has 0 unspecified atom stereocenters. The van der Waals surface area contributed by atoms with Gasteiger partial charge in [-0.25, -0.2) is 4.39 Å². The van der Waals surface area contributed by atoms with E-state index in [1.807, 2.05) is 0 Å². The van der Waals surface area contributed by atoms with Gasteiger partial charge in [0.1, 0.15) is 17.3 Å². The van der Waals surface area contributed by atoms with Crippen molar-refractivity contribution in [1.82, 2.24) is 0 Å². The average Bonchev–Trinajstić information content (AvgIpc) is 2.29. The fourth-order valence-electron chi connectivity index (χ4n) is 2.25. The summed E-state index contributed by atoms with van der Waals surface area (Å²) in [6, 6.07) is 5.15. The highest BCUT2D eigenvalue weighted by atomic mass is 19.1. The molecule has 0 aromatic heterocycles. The fourth-order valence-corrected chi connectivity index (χ4v) is 2.25. The van der Waals surface area contributed by atoms with Crippen molar-refractivity contribution in [2.24, 2.45) is 0 Å². The third-order valence-electron chi connectivity index (χ3n) is 3.38. The van der Waals surface area contributed by atoms with Gasteiger partial charge in [0, 0.05) is 12.1 Å². The minimum atomic E-state index is -0.721. The van der Waals surface area contributed by atoms with Crippen molar-refractivity contribution in [3.05, 3.63) is 23.5 Å². The zero-order chi connectivity index (χ0) is 12.5. The highest BCUT2D eigenvalue weighted by Gasteiger charge is 2.43. The summed E-state index contributed by atoms with van der Waals surface area (Å²) in [5.74, 6) is 0.362. The molecule has 0 saturated heterocycles. The Labute approximate surface area is 99.8 Å². The summed E-state index contributed by atoms with van der Waals surface area (Å²) in [5.41, 5.74) is -0.351. The van der Waals surface area contributed by atoms with Crippen LogP contribution in [-0.4, -0.2) is 14.2 Å². The van der Waals surface area contributed by atoms with E-state index < -0.39 is 11.2 Å². The smallest absolute Gasteiger partial charge is 0.135 e. The molecule has 4 heteroatoms. The molecule has 0 heterocycles. The van der Waals surface area contributed by atoms with E-state index in [4.69, 9.17) is 9.47 Å². The van der Waals surface area contributed by atoms with Crippen LogP contribution in [-0.2, 0) is 5.41 Å². The highest BCUT2D eigenvalue weighted by molar-refractivity contribution is 5.50. The molecular formula is C13H14FNO2. The van der Waals surface area contributed by atoms with Crippen LogP contribution in [0.4, 0.5) is 4.39 Å². The van der Waals surface area contributed by atoms with Gasteiger partial charge < -0.3 is 9.47 Å². The van der Waals surface area contributed by atoms with Gasteiger partial charge in [-0.1, -0.05) is 0 Å². The lowest BCUT2D eigenvalue weighted by atomic mass is 9.65. The number of hydrogen-bond donors (Lipinski definition) is 0. The van der Waals surface area contributed by atoms with Crippen molar-refractivity contribution < 1.29 is 13.9 Å². The first kappa shape index (κ1) is 11.7. The van der Waals surface area contributed by atoms with Gasteiger partial charge in [0.05, 0.1) is 31.3 Å². The lowest BCUT2D eigenvalue weighted by molar-refractivity contribution is 0.293. The van der Waals surface area contributed by atoms with Crippen molar-refractivity contribution in [3.8, 4) is 17.6 Å². The van der Waals surface area contributed by atoms with E-state index in [1.165, 1.54) is 20.3 Å². The Morgan fingerprint density at radius 2 is 2.00 bits per heavy atom. The Balaban J connectivity index is 2.57. The minimum absolute atomic E-state index is 0.370. The number of nitriles is 1. The third-order valence-corrected chi connectivity index (χ3v) is 3.38. The van der Waals surface area contributed by atoms with Crippen LogP contribution < -0.4 is 9.47 Å². The quantitative estimate of drug-likeness (QED) is 0.809. The second-order valence-corrected chi connectivity index (χ2v) is 4.23. The molecule has 0 amide bonds. The molecule has 0 spiro atoms. The molecule has 17 heavy (non-hydrogen) atoms. The normalized spacial score (nSPS) is 16.8. The summed E-state index contributed by atoms with van der Waals surface area (Å²) in [4.78, 5) is 0. The Morgan fingerprint density at radius 1 is 1.29 bits per heavy atom. The highest BCUT2D eigenvalue weighted by Crippen LogP contribution is 2.48. The maximum atomic E-state index is 14.1. The molecular weight excluding hydrogens is 221 g/mol.